The molecule has 3 N–H and O–H groups in total. The maximum absolute atomic E-state index is 11.4. The summed E-state index contributed by atoms with van der Waals surface area (Å²) in [5, 5.41) is 14.8. The molecule has 4 heteroatoms. The fourth-order valence-corrected chi connectivity index (χ4v) is 2.66. The van der Waals surface area contributed by atoms with E-state index in [1.165, 1.54) is 0 Å². The van der Waals surface area contributed by atoms with Crippen LogP contribution in [0.15, 0.2) is 48.6 Å². The first-order valence-electron chi connectivity index (χ1n) is 10.0. The molecular formula is C22H36N2O2. The number of amides is 1. The fourth-order valence-electron chi connectivity index (χ4n) is 2.66. The highest BCUT2D eigenvalue weighted by Gasteiger charge is 2.32. The van der Waals surface area contributed by atoms with E-state index in [2.05, 4.69) is 66.2 Å². The van der Waals surface area contributed by atoms with Crippen LogP contribution in [0.1, 0.15) is 58.3 Å². The van der Waals surface area contributed by atoms with E-state index in [4.69, 9.17) is 5.11 Å². The quantitative estimate of drug-likeness (QED) is 0.236. The molecule has 1 amide bonds. The Balaban J connectivity index is 1.95. The second-order valence-corrected chi connectivity index (χ2v) is 6.58. The summed E-state index contributed by atoms with van der Waals surface area (Å²) in [6.45, 7) is 2.51. The van der Waals surface area contributed by atoms with Crippen LogP contribution in [0.4, 0.5) is 0 Å². The van der Waals surface area contributed by atoms with Gasteiger partial charge in [-0.1, -0.05) is 55.5 Å². The molecule has 0 radical (unpaired) electrons. The molecule has 146 valence electrons. The Labute approximate surface area is 159 Å². The minimum atomic E-state index is 0.00370. The van der Waals surface area contributed by atoms with Crippen molar-refractivity contribution in [1.82, 2.24) is 10.6 Å². The smallest absolute Gasteiger partial charge is 0.220 e. The molecule has 0 saturated carbocycles. The molecule has 1 rings (SSSR count). The summed E-state index contributed by atoms with van der Waals surface area (Å²) in [6, 6.07) is 1.23. The van der Waals surface area contributed by atoms with Crippen molar-refractivity contribution in [2.24, 2.45) is 0 Å². The monoisotopic (exact) mass is 360 g/mol. The largest absolute Gasteiger partial charge is 0.395 e. The van der Waals surface area contributed by atoms with Crippen molar-refractivity contribution in [3.63, 3.8) is 0 Å². The van der Waals surface area contributed by atoms with Crippen LogP contribution in [0.5, 0.6) is 0 Å². The number of hydrogen-bond acceptors (Lipinski definition) is 3. The maximum atomic E-state index is 11.4. The van der Waals surface area contributed by atoms with Crippen LogP contribution in [0.2, 0.25) is 0 Å². The molecule has 2 atom stereocenters. The molecule has 1 fully saturated rings. The van der Waals surface area contributed by atoms with Gasteiger partial charge < -0.3 is 15.7 Å². The van der Waals surface area contributed by atoms with Crippen molar-refractivity contribution in [1.29, 1.82) is 0 Å². The van der Waals surface area contributed by atoms with Crippen molar-refractivity contribution < 1.29 is 9.90 Å². The van der Waals surface area contributed by atoms with Crippen LogP contribution < -0.4 is 10.6 Å². The van der Waals surface area contributed by atoms with Gasteiger partial charge in [-0.05, 0) is 44.9 Å². The molecule has 0 aliphatic carbocycles. The van der Waals surface area contributed by atoms with Gasteiger partial charge in [-0.15, -0.1) is 0 Å². The lowest BCUT2D eigenvalue weighted by atomic mass is 10.1. The Kier molecular flexibility index (Phi) is 13.4. The molecule has 0 bridgehead atoms. The highest BCUT2D eigenvalue weighted by atomic mass is 16.3. The third-order valence-electron chi connectivity index (χ3n) is 4.24. The van der Waals surface area contributed by atoms with Crippen LogP contribution >= 0.6 is 0 Å². The predicted octanol–water partition coefficient (Wildman–Crippen LogP) is 3.80. The summed E-state index contributed by atoms with van der Waals surface area (Å²) in [5.74, 6) is 0.0235. The Morgan fingerprint density at radius 2 is 1.58 bits per heavy atom. The Morgan fingerprint density at radius 3 is 2.23 bits per heavy atom. The summed E-state index contributed by atoms with van der Waals surface area (Å²) in [5.41, 5.74) is 0. The second kappa shape index (κ2) is 15.6. The number of hydrogen-bond donors (Lipinski definition) is 3. The van der Waals surface area contributed by atoms with Crippen molar-refractivity contribution in [3.8, 4) is 0 Å². The van der Waals surface area contributed by atoms with Crippen LogP contribution in [0.25, 0.3) is 0 Å². The van der Waals surface area contributed by atoms with E-state index in [9.17, 15) is 4.79 Å². The van der Waals surface area contributed by atoms with Gasteiger partial charge in [0.1, 0.15) is 0 Å². The molecule has 1 saturated heterocycles. The summed E-state index contributed by atoms with van der Waals surface area (Å²) in [7, 11) is 0. The topological polar surface area (TPSA) is 71.3 Å². The van der Waals surface area contributed by atoms with E-state index in [0.717, 1.165) is 44.9 Å². The van der Waals surface area contributed by atoms with Gasteiger partial charge in [0, 0.05) is 25.0 Å². The first-order valence-corrected chi connectivity index (χ1v) is 10.0. The summed E-state index contributed by atoms with van der Waals surface area (Å²) in [6.07, 6.45) is 25.4. The van der Waals surface area contributed by atoms with Crippen molar-refractivity contribution in [2.45, 2.75) is 70.4 Å². The molecule has 1 heterocycles. The molecule has 1 aliphatic rings. The minimum Gasteiger partial charge on any atom is -0.395 e. The van der Waals surface area contributed by atoms with E-state index in [1.807, 2.05) is 0 Å². The molecular weight excluding hydrogens is 324 g/mol. The van der Waals surface area contributed by atoms with Crippen molar-refractivity contribution in [2.75, 3.05) is 13.2 Å². The minimum absolute atomic E-state index is 0.00370. The Bertz CT molecular complexity index is 481. The number of carbonyl (C=O) groups excluding carboxylic acids is 1. The molecule has 0 aromatic carbocycles. The zero-order chi connectivity index (χ0) is 18.9. The van der Waals surface area contributed by atoms with Gasteiger partial charge >= 0.3 is 0 Å². The third kappa shape index (κ3) is 12.7. The number of unbranched alkanes of at least 4 members (excludes halogenated alkanes) is 1. The molecule has 0 aromatic heterocycles. The Morgan fingerprint density at radius 1 is 0.962 bits per heavy atom. The van der Waals surface area contributed by atoms with Crippen LogP contribution in [0, 0.1) is 0 Å². The molecule has 4 nitrogen and oxygen atoms in total. The van der Waals surface area contributed by atoms with E-state index < -0.39 is 0 Å². The molecule has 2 unspecified atom stereocenters. The molecule has 1 aliphatic heterocycles. The van der Waals surface area contributed by atoms with E-state index >= 15 is 0 Å². The van der Waals surface area contributed by atoms with Crippen LogP contribution in [-0.4, -0.2) is 36.2 Å². The second-order valence-electron chi connectivity index (χ2n) is 6.58. The zero-order valence-corrected chi connectivity index (χ0v) is 16.2. The highest BCUT2D eigenvalue weighted by Crippen LogP contribution is 2.19. The SMILES string of the molecule is CC/C=C\C/C=C\C/C=C\CC1NC1C/C=C\CCCC(=O)NCCO. The van der Waals surface area contributed by atoms with Gasteiger partial charge in [-0.25, -0.2) is 0 Å². The average molecular weight is 361 g/mol. The molecule has 0 aromatic rings. The van der Waals surface area contributed by atoms with Gasteiger partial charge in [-0.3, -0.25) is 4.79 Å². The number of rotatable bonds is 15. The van der Waals surface area contributed by atoms with Gasteiger partial charge in [-0.2, -0.15) is 0 Å². The van der Waals surface area contributed by atoms with Crippen LogP contribution in [-0.2, 0) is 4.79 Å². The zero-order valence-electron chi connectivity index (χ0n) is 16.2. The first-order chi connectivity index (χ1) is 12.8. The van der Waals surface area contributed by atoms with Crippen molar-refractivity contribution >= 4 is 5.91 Å². The molecule has 26 heavy (non-hydrogen) atoms. The fraction of sp³-hybridized carbons (Fsp3) is 0.591. The summed E-state index contributed by atoms with van der Waals surface area (Å²) < 4.78 is 0. The van der Waals surface area contributed by atoms with E-state index in [0.29, 0.717) is 25.0 Å². The lowest BCUT2D eigenvalue weighted by Gasteiger charge is -2.00. The predicted molar refractivity (Wildman–Crippen MR) is 110 cm³/mol. The van der Waals surface area contributed by atoms with Gasteiger partial charge in [0.05, 0.1) is 6.61 Å². The normalized spacial score (nSPS) is 20.1. The number of aliphatic hydroxyl groups is 1. The maximum Gasteiger partial charge on any atom is 0.220 e. The summed E-state index contributed by atoms with van der Waals surface area (Å²) >= 11 is 0. The standard InChI is InChI=1S/C22H36N2O2/c1-2-3-4-5-6-7-8-9-12-15-20-21(24-20)16-13-10-11-14-17-22(26)23-18-19-25/h3-4,6-7,9-10,12-13,20-21,24-25H,2,5,8,11,14-19H2,1H3,(H,23,26)/b4-3-,7-6-,12-9-,13-10-. The number of aliphatic hydroxyl groups excluding tert-OH is 1. The Hall–Kier alpha value is -1.65. The highest BCUT2D eigenvalue weighted by molar-refractivity contribution is 5.75. The number of nitrogens with one attached hydrogen (secondary N) is 2. The van der Waals surface area contributed by atoms with Crippen molar-refractivity contribution in [3.05, 3.63) is 48.6 Å². The van der Waals surface area contributed by atoms with E-state index in [1.54, 1.807) is 0 Å². The average Bonchev–Trinajstić information content (AvgIpc) is 3.39. The summed E-state index contributed by atoms with van der Waals surface area (Å²) in [4.78, 5) is 11.4. The first kappa shape index (κ1) is 22.4. The van der Waals surface area contributed by atoms with Gasteiger partial charge in [0.25, 0.3) is 0 Å². The van der Waals surface area contributed by atoms with E-state index in [-0.39, 0.29) is 12.5 Å². The molecule has 0 spiro atoms. The third-order valence-corrected chi connectivity index (χ3v) is 4.24. The number of allylic oxidation sites excluding steroid dienone is 6. The number of carbonyl (C=O) groups is 1. The lowest BCUT2D eigenvalue weighted by molar-refractivity contribution is -0.121. The van der Waals surface area contributed by atoms with Gasteiger partial charge in [0.2, 0.25) is 5.91 Å². The lowest BCUT2D eigenvalue weighted by Crippen LogP contribution is -2.25. The van der Waals surface area contributed by atoms with Crippen LogP contribution in [0.3, 0.4) is 0 Å². The van der Waals surface area contributed by atoms with Gasteiger partial charge in [0.15, 0.2) is 0 Å².